The summed E-state index contributed by atoms with van der Waals surface area (Å²) in [4.78, 5) is 2.39. The van der Waals surface area contributed by atoms with Crippen molar-refractivity contribution < 1.29 is 24.4 Å². The van der Waals surface area contributed by atoms with Gasteiger partial charge in [-0.15, -0.1) is 0 Å². The Morgan fingerprint density at radius 1 is 0.974 bits per heavy atom. The summed E-state index contributed by atoms with van der Waals surface area (Å²) in [5, 5.41) is 21.0. The van der Waals surface area contributed by atoms with E-state index in [1.54, 1.807) is 24.3 Å². The van der Waals surface area contributed by atoms with Crippen LogP contribution in [0, 0.1) is 5.92 Å². The van der Waals surface area contributed by atoms with Gasteiger partial charge in [0.2, 0.25) is 0 Å². The van der Waals surface area contributed by atoms with E-state index >= 15 is 0 Å². The molecule has 7 heteroatoms. The number of hydrogen-bond donors (Lipinski definition) is 2. The monoisotopic (exact) mass is 533 g/mol. The number of halogens is 1. The van der Waals surface area contributed by atoms with Crippen LogP contribution in [0.15, 0.2) is 60.7 Å². The van der Waals surface area contributed by atoms with Crippen LogP contribution in [-0.4, -0.2) is 54.1 Å². The Kier molecular flexibility index (Phi) is 6.95. The zero-order valence-corrected chi connectivity index (χ0v) is 22.2. The highest BCUT2D eigenvalue weighted by atomic mass is 35.5. The minimum absolute atomic E-state index is 0.0328. The fourth-order valence-electron chi connectivity index (χ4n) is 5.42. The van der Waals surface area contributed by atoms with Crippen molar-refractivity contribution in [3.05, 3.63) is 82.4 Å². The van der Waals surface area contributed by atoms with E-state index < -0.39 is 0 Å². The summed E-state index contributed by atoms with van der Waals surface area (Å²) in [6.07, 6.45) is 1.77. The molecule has 1 saturated heterocycles. The predicted octanol–water partition coefficient (Wildman–Crippen LogP) is 6.31. The largest absolute Gasteiger partial charge is 0.508 e. The molecule has 1 aliphatic carbocycles. The van der Waals surface area contributed by atoms with Crippen LogP contribution in [-0.2, 0) is 4.74 Å². The summed E-state index contributed by atoms with van der Waals surface area (Å²) < 4.78 is 18.2. The number of aromatic hydroxyl groups is 2. The number of morpholine rings is 1. The second kappa shape index (κ2) is 10.5. The van der Waals surface area contributed by atoms with Crippen LogP contribution in [0.4, 0.5) is 0 Å². The van der Waals surface area contributed by atoms with Gasteiger partial charge in [-0.2, -0.15) is 0 Å². The molecular weight excluding hydrogens is 502 g/mol. The van der Waals surface area contributed by atoms with E-state index in [1.165, 1.54) is 0 Å². The van der Waals surface area contributed by atoms with Gasteiger partial charge in [0.05, 0.1) is 18.2 Å². The second-order valence-corrected chi connectivity index (χ2v) is 10.7. The van der Waals surface area contributed by atoms with Gasteiger partial charge in [0.1, 0.15) is 35.7 Å². The SMILES string of the molecule is C[C@@H](COc1ccc(C2Oc3ccc(O)cc3C(C3CC3)=C2c2ccc(Cl)c(O)c2)cc1)N1CCOCC1. The van der Waals surface area contributed by atoms with Crippen molar-refractivity contribution in [1.82, 2.24) is 4.90 Å². The van der Waals surface area contributed by atoms with Crippen LogP contribution in [0.3, 0.4) is 0 Å². The average Bonchev–Trinajstić information content (AvgIpc) is 3.78. The van der Waals surface area contributed by atoms with Crippen molar-refractivity contribution in [3.8, 4) is 23.0 Å². The second-order valence-electron chi connectivity index (χ2n) is 10.3. The van der Waals surface area contributed by atoms with Crippen molar-refractivity contribution in [3.63, 3.8) is 0 Å². The number of hydrogen-bond acceptors (Lipinski definition) is 6. The Labute approximate surface area is 228 Å². The summed E-state index contributed by atoms with van der Waals surface area (Å²) in [6.45, 7) is 6.20. The van der Waals surface area contributed by atoms with Gasteiger partial charge in [0.25, 0.3) is 0 Å². The Morgan fingerprint density at radius 2 is 1.74 bits per heavy atom. The summed E-state index contributed by atoms with van der Waals surface area (Å²) in [5.74, 6) is 2.17. The first-order valence-corrected chi connectivity index (χ1v) is 13.6. The number of fused-ring (bicyclic) bond motifs is 1. The Morgan fingerprint density at radius 3 is 2.45 bits per heavy atom. The Balaban J connectivity index is 1.32. The summed E-state index contributed by atoms with van der Waals surface area (Å²) >= 11 is 6.15. The lowest BCUT2D eigenvalue weighted by Crippen LogP contribution is -2.44. The van der Waals surface area contributed by atoms with E-state index in [0.29, 0.717) is 23.6 Å². The maximum absolute atomic E-state index is 10.4. The lowest BCUT2D eigenvalue weighted by Gasteiger charge is -2.33. The molecular formula is C31H32ClNO5. The molecule has 2 fully saturated rings. The van der Waals surface area contributed by atoms with Crippen LogP contribution in [0.2, 0.25) is 5.02 Å². The van der Waals surface area contributed by atoms with Crippen LogP contribution < -0.4 is 9.47 Å². The van der Waals surface area contributed by atoms with Crippen molar-refractivity contribution in [2.24, 2.45) is 5.92 Å². The molecule has 0 radical (unpaired) electrons. The number of benzene rings is 3. The zero-order valence-electron chi connectivity index (χ0n) is 21.4. The van der Waals surface area contributed by atoms with Crippen molar-refractivity contribution >= 4 is 22.7 Å². The standard InChI is InChI=1S/C31H32ClNO5/c1-19(33-12-14-36-15-13-33)18-37-24-8-4-21(5-9-24)31-30(22-6-10-26(32)27(35)16-22)29(20-2-3-20)25-17-23(34)7-11-28(25)38-31/h4-11,16-17,19-20,31,34-35H,2-3,12-15,18H2,1H3/t19-,31?/m0/s1. The molecule has 1 unspecified atom stereocenters. The Hall–Kier alpha value is -3.19. The van der Waals surface area contributed by atoms with Crippen molar-refractivity contribution in [2.45, 2.75) is 31.9 Å². The zero-order chi connectivity index (χ0) is 26.2. The number of ether oxygens (including phenoxy) is 3. The molecule has 2 N–H and O–H groups in total. The highest BCUT2D eigenvalue weighted by Gasteiger charge is 2.38. The number of phenolic OH excluding ortho intramolecular Hbond substituents is 2. The third-order valence-corrected chi connectivity index (χ3v) is 7.96. The molecule has 2 atom stereocenters. The molecule has 0 spiro atoms. The van der Waals surface area contributed by atoms with Gasteiger partial charge in [0.15, 0.2) is 0 Å². The first-order chi connectivity index (χ1) is 18.5. The molecule has 3 aromatic carbocycles. The van der Waals surface area contributed by atoms with Crippen molar-refractivity contribution in [1.29, 1.82) is 0 Å². The number of phenols is 2. The van der Waals surface area contributed by atoms with Crippen molar-refractivity contribution in [2.75, 3.05) is 32.9 Å². The van der Waals surface area contributed by atoms with Gasteiger partial charge < -0.3 is 24.4 Å². The molecule has 6 nitrogen and oxygen atoms in total. The van der Waals surface area contributed by atoms with Crippen LogP contribution >= 0.6 is 11.6 Å². The quantitative estimate of drug-likeness (QED) is 0.371. The third-order valence-electron chi connectivity index (χ3n) is 7.64. The minimum atomic E-state index is -0.385. The molecule has 198 valence electrons. The lowest BCUT2D eigenvalue weighted by molar-refractivity contribution is 0.0105. The van der Waals surface area contributed by atoms with Gasteiger partial charge in [-0.05, 0) is 84.8 Å². The lowest BCUT2D eigenvalue weighted by atomic mass is 9.83. The molecule has 3 aromatic rings. The summed E-state index contributed by atoms with van der Waals surface area (Å²) in [7, 11) is 0. The van der Waals surface area contributed by atoms with E-state index in [2.05, 4.69) is 11.8 Å². The smallest absolute Gasteiger partial charge is 0.150 e. The third kappa shape index (κ3) is 5.08. The molecule has 2 aliphatic heterocycles. The minimum Gasteiger partial charge on any atom is -0.508 e. The first-order valence-electron chi connectivity index (χ1n) is 13.3. The summed E-state index contributed by atoms with van der Waals surface area (Å²) in [5.41, 5.74) is 4.90. The molecule has 2 heterocycles. The fraction of sp³-hybridized carbons (Fsp3) is 0.355. The summed E-state index contributed by atoms with van der Waals surface area (Å²) in [6, 6.07) is 19.0. The fourth-order valence-corrected chi connectivity index (χ4v) is 5.53. The first kappa shape index (κ1) is 25.1. The molecule has 3 aliphatic rings. The molecule has 0 bridgehead atoms. The number of nitrogens with zero attached hydrogens (tertiary/aromatic N) is 1. The van der Waals surface area contributed by atoms with E-state index in [0.717, 1.165) is 78.5 Å². The van der Waals surface area contributed by atoms with Crippen LogP contribution in [0.25, 0.3) is 11.1 Å². The number of allylic oxidation sites excluding steroid dienone is 1. The predicted molar refractivity (Wildman–Crippen MR) is 148 cm³/mol. The molecule has 38 heavy (non-hydrogen) atoms. The molecule has 6 rings (SSSR count). The average molecular weight is 534 g/mol. The highest BCUT2D eigenvalue weighted by Crippen LogP contribution is 2.55. The maximum Gasteiger partial charge on any atom is 0.150 e. The van der Waals surface area contributed by atoms with E-state index in [9.17, 15) is 10.2 Å². The molecule has 0 amide bonds. The molecule has 0 aromatic heterocycles. The number of rotatable bonds is 7. The van der Waals surface area contributed by atoms with Gasteiger partial charge in [0, 0.05) is 30.3 Å². The van der Waals surface area contributed by atoms with E-state index in [-0.39, 0.29) is 17.6 Å². The van der Waals surface area contributed by atoms with Gasteiger partial charge in [-0.25, -0.2) is 0 Å². The normalized spacial score (nSPS) is 20.5. The van der Waals surface area contributed by atoms with Crippen LogP contribution in [0.5, 0.6) is 23.0 Å². The maximum atomic E-state index is 10.4. The van der Waals surface area contributed by atoms with E-state index in [4.69, 9.17) is 25.8 Å². The van der Waals surface area contributed by atoms with Gasteiger partial charge >= 0.3 is 0 Å². The molecule has 1 saturated carbocycles. The topological polar surface area (TPSA) is 71.4 Å². The van der Waals surface area contributed by atoms with Gasteiger partial charge in [-0.3, -0.25) is 4.90 Å². The van der Waals surface area contributed by atoms with E-state index in [1.807, 2.05) is 36.4 Å². The van der Waals surface area contributed by atoms with Gasteiger partial charge in [-0.1, -0.05) is 29.8 Å². The van der Waals surface area contributed by atoms with Crippen LogP contribution in [0.1, 0.15) is 42.6 Å². The Bertz CT molecular complexity index is 1340. The highest BCUT2D eigenvalue weighted by molar-refractivity contribution is 6.32.